The van der Waals surface area contributed by atoms with Crippen LogP contribution in [-0.2, 0) is 13.8 Å². The number of halogens is 3. The Kier molecular flexibility index (Phi) is 4.02. The Morgan fingerprint density at radius 1 is 1.32 bits per heavy atom. The van der Waals surface area contributed by atoms with Gasteiger partial charge in [-0.25, -0.2) is 8.42 Å². The summed E-state index contributed by atoms with van der Waals surface area (Å²) in [6.07, 6.45) is 0.829. The van der Waals surface area contributed by atoms with Crippen molar-refractivity contribution in [3.05, 3.63) is 22.2 Å². The monoisotopic (exact) mass is 341 g/mol. The van der Waals surface area contributed by atoms with Gasteiger partial charge in [-0.05, 0) is 24.5 Å². The highest BCUT2D eigenvalue weighted by Gasteiger charge is 2.39. The summed E-state index contributed by atoms with van der Waals surface area (Å²) in [4.78, 5) is 11.6. The zero-order valence-electron chi connectivity index (χ0n) is 9.78. The van der Waals surface area contributed by atoms with Crippen molar-refractivity contribution < 1.29 is 13.2 Å². The molecule has 0 heterocycles. The third-order valence-electron chi connectivity index (χ3n) is 2.99. The van der Waals surface area contributed by atoms with E-state index in [4.69, 9.17) is 33.9 Å². The second kappa shape index (κ2) is 5.13. The number of carbonyl (C=O) groups is 1. The van der Waals surface area contributed by atoms with Gasteiger partial charge >= 0.3 is 0 Å². The second-order valence-electron chi connectivity index (χ2n) is 4.51. The van der Waals surface area contributed by atoms with Gasteiger partial charge in [0.05, 0.1) is 20.6 Å². The maximum Gasteiger partial charge on any atom is 0.261 e. The van der Waals surface area contributed by atoms with Gasteiger partial charge in [0, 0.05) is 16.6 Å². The van der Waals surface area contributed by atoms with Crippen LogP contribution in [0.1, 0.15) is 13.3 Å². The molecule has 1 N–H and O–H groups in total. The Labute approximate surface area is 125 Å². The maximum atomic E-state index is 11.8. The molecule has 1 aromatic rings. The van der Waals surface area contributed by atoms with Gasteiger partial charge < -0.3 is 5.32 Å². The topological polar surface area (TPSA) is 63.2 Å². The molecule has 0 radical (unpaired) electrons. The lowest BCUT2D eigenvalue weighted by atomic mass is 10.2. The molecule has 0 spiro atoms. The van der Waals surface area contributed by atoms with Gasteiger partial charge in [-0.1, -0.05) is 30.1 Å². The summed E-state index contributed by atoms with van der Waals surface area (Å²) < 4.78 is 22.4. The molecule has 1 aromatic carbocycles. The average molecular weight is 343 g/mol. The highest BCUT2D eigenvalue weighted by atomic mass is 35.7. The van der Waals surface area contributed by atoms with E-state index in [1.165, 1.54) is 0 Å². The van der Waals surface area contributed by atoms with E-state index in [9.17, 15) is 13.2 Å². The van der Waals surface area contributed by atoms with Crippen LogP contribution in [0.5, 0.6) is 0 Å². The molecule has 1 fully saturated rings. The lowest BCUT2D eigenvalue weighted by Gasteiger charge is -2.10. The first-order chi connectivity index (χ1) is 8.70. The van der Waals surface area contributed by atoms with Gasteiger partial charge in [0.25, 0.3) is 9.05 Å². The Morgan fingerprint density at radius 2 is 1.79 bits per heavy atom. The highest BCUT2D eigenvalue weighted by Crippen LogP contribution is 2.40. The van der Waals surface area contributed by atoms with Crippen molar-refractivity contribution in [2.24, 2.45) is 11.8 Å². The van der Waals surface area contributed by atoms with Crippen LogP contribution in [0.2, 0.25) is 10.0 Å². The Bertz CT molecular complexity index is 622. The summed E-state index contributed by atoms with van der Waals surface area (Å²) in [5, 5.41) is 2.68. The van der Waals surface area contributed by atoms with Crippen molar-refractivity contribution >= 4 is 54.5 Å². The molecule has 19 heavy (non-hydrogen) atoms. The standard InChI is InChI=1S/C11H10Cl3NO3S/c1-5-2-7(5)11(16)15-10-8(12)3-6(4-9(10)13)19(14,17)18/h3-5,7H,2H2,1H3,(H,15,16). The van der Waals surface area contributed by atoms with Gasteiger partial charge in [-0.3, -0.25) is 4.79 Å². The smallest absolute Gasteiger partial charge is 0.261 e. The zero-order valence-corrected chi connectivity index (χ0v) is 12.9. The number of rotatable bonds is 3. The van der Waals surface area contributed by atoms with Crippen LogP contribution < -0.4 is 5.32 Å². The van der Waals surface area contributed by atoms with Gasteiger partial charge in [0.15, 0.2) is 0 Å². The minimum absolute atomic E-state index is 0.0355. The van der Waals surface area contributed by atoms with E-state index < -0.39 is 9.05 Å². The summed E-state index contributed by atoms with van der Waals surface area (Å²) in [6, 6.07) is 2.31. The third-order valence-corrected chi connectivity index (χ3v) is 4.92. The number of amides is 1. The summed E-state index contributed by atoms with van der Waals surface area (Å²) in [6.45, 7) is 1.97. The van der Waals surface area contributed by atoms with Gasteiger partial charge in [0.2, 0.25) is 5.91 Å². The fraction of sp³-hybridized carbons (Fsp3) is 0.364. The fourth-order valence-corrected chi connectivity index (χ4v) is 3.21. The summed E-state index contributed by atoms with van der Waals surface area (Å²) in [5.74, 6) is 0.140. The first-order valence-corrected chi connectivity index (χ1v) is 8.51. The average Bonchev–Trinajstić information content (AvgIpc) is 2.99. The SMILES string of the molecule is CC1CC1C(=O)Nc1c(Cl)cc(S(=O)(=O)Cl)cc1Cl. The number of benzene rings is 1. The van der Waals surface area contributed by atoms with E-state index in [0.29, 0.717) is 5.92 Å². The molecule has 2 atom stereocenters. The molecular weight excluding hydrogens is 333 g/mol. The van der Waals surface area contributed by atoms with Crippen LogP contribution in [0.4, 0.5) is 5.69 Å². The van der Waals surface area contributed by atoms with Gasteiger partial charge in [0.1, 0.15) is 0 Å². The minimum Gasteiger partial charge on any atom is -0.323 e. The molecule has 8 heteroatoms. The minimum atomic E-state index is -3.92. The first-order valence-electron chi connectivity index (χ1n) is 5.44. The molecule has 104 valence electrons. The molecule has 1 saturated carbocycles. The predicted octanol–water partition coefficient (Wildman–Crippen LogP) is 3.52. The third kappa shape index (κ3) is 3.34. The molecule has 0 saturated heterocycles. The molecule has 1 aliphatic carbocycles. The van der Waals surface area contributed by atoms with E-state index in [1.807, 2.05) is 6.92 Å². The summed E-state index contributed by atoms with van der Waals surface area (Å²) in [5.41, 5.74) is 0.205. The molecule has 1 aliphatic rings. The number of carbonyl (C=O) groups excluding carboxylic acids is 1. The van der Waals surface area contributed by atoms with Crippen LogP contribution in [0.15, 0.2) is 17.0 Å². The normalized spacial score (nSPS) is 22.1. The molecular formula is C11H10Cl3NO3S. The van der Waals surface area contributed by atoms with E-state index >= 15 is 0 Å². The molecule has 2 rings (SSSR count). The molecule has 4 nitrogen and oxygen atoms in total. The predicted molar refractivity (Wildman–Crippen MR) is 75.4 cm³/mol. The molecule has 2 unspecified atom stereocenters. The highest BCUT2D eigenvalue weighted by molar-refractivity contribution is 8.13. The van der Waals surface area contributed by atoms with Crippen LogP contribution in [-0.4, -0.2) is 14.3 Å². The van der Waals surface area contributed by atoms with Crippen LogP contribution >= 0.6 is 33.9 Å². The van der Waals surface area contributed by atoms with Crippen molar-refractivity contribution in [1.82, 2.24) is 0 Å². The molecule has 1 amide bonds. The lowest BCUT2D eigenvalue weighted by molar-refractivity contribution is -0.117. The van der Waals surface area contributed by atoms with Gasteiger partial charge in [-0.15, -0.1) is 0 Å². The first kappa shape index (κ1) is 14.9. The second-order valence-corrected chi connectivity index (χ2v) is 7.89. The van der Waals surface area contributed by atoms with Crippen molar-refractivity contribution in [1.29, 1.82) is 0 Å². The number of hydrogen-bond donors (Lipinski definition) is 1. The lowest BCUT2D eigenvalue weighted by Crippen LogP contribution is -2.15. The summed E-state index contributed by atoms with van der Waals surface area (Å²) in [7, 11) is 1.29. The molecule has 0 aromatic heterocycles. The van der Waals surface area contributed by atoms with Crippen LogP contribution in [0.3, 0.4) is 0 Å². The maximum absolute atomic E-state index is 11.8. The number of anilines is 1. The Balaban J connectivity index is 2.30. The van der Waals surface area contributed by atoms with Crippen LogP contribution in [0.25, 0.3) is 0 Å². The molecule has 0 bridgehead atoms. The summed E-state index contributed by atoms with van der Waals surface area (Å²) >= 11 is 11.8. The van der Waals surface area contributed by atoms with E-state index in [2.05, 4.69) is 5.32 Å². The van der Waals surface area contributed by atoms with Crippen molar-refractivity contribution in [2.75, 3.05) is 5.32 Å². The van der Waals surface area contributed by atoms with Crippen molar-refractivity contribution in [3.63, 3.8) is 0 Å². The van der Waals surface area contributed by atoms with E-state index in [1.54, 1.807) is 0 Å². The van der Waals surface area contributed by atoms with E-state index in [0.717, 1.165) is 18.6 Å². The Morgan fingerprint density at radius 3 is 2.16 bits per heavy atom. The largest absolute Gasteiger partial charge is 0.323 e. The van der Waals surface area contributed by atoms with Crippen molar-refractivity contribution in [2.45, 2.75) is 18.2 Å². The van der Waals surface area contributed by atoms with Crippen LogP contribution in [0, 0.1) is 11.8 Å². The quantitative estimate of drug-likeness (QED) is 0.855. The van der Waals surface area contributed by atoms with Gasteiger partial charge in [-0.2, -0.15) is 0 Å². The fourth-order valence-electron chi connectivity index (χ4n) is 1.71. The van der Waals surface area contributed by atoms with Crippen molar-refractivity contribution in [3.8, 4) is 0 Å². The molecule has 0 aliphatic heterocycles. The zero-order chi connectivity index (χ0) is 14.4. The number of nitrogens with one attached hydrogen (secondary N) is 1. The Hall–Kier alpha value is -0.490. The number of hydrogen-bond acceptors (Lipinski definition) is 3. The van der Waals surface area contributed by atoms with E-state index in [-0.39, 0.29) is 32.5 Å².